The van der Waals surface area contributed by atoms with Gasteiger partial charge in [-0.05, 0) is 12.1 Å². The number of carbonyl (C=O) groups excluding carboxylic acids is 1. The lowest BCUT2D eigenvalue weighted by molar-refractivity contribution is -0.120. The molecular formula is C12H19N3O3S. The normalized spacial score (nSPS) is 11.1. The zero-order valence-electron chi connectivity index (χ0n) is 11.1. The van der Waals surface area contributed by atoms with Crippen LogP contribution in [0.4, 0.5) is 5.69 Å². The third-order valence-corrected chi connectivity index (χ3v) is 4.06. The van der Waals surface area contributed by atoms with Gasteiger partial charge < -0.3 is 10.6 Å². The molecule has 1 aromatic carbocycles. The van der Waals surface area contributed by atoms with Crippen molar-refractivity contribution in [2.24, 2.45) is 0 Å². The van der Waals surface area contributed by atoms with E-state index in [1.54, 1.807) is 32.2 Å². The maximum atomic E-state index is 12.0. The molecule has 1 amide bonds. The standard InChI is InChI=1S/C12H19N3O3S/c1-3-15-19(17,18)11-7-5-4-6-10(11)14-9-8-12(16)13-2/h4-7,14-15H,3,8-9H2,1-2H3,(H,13,16). The highest BCUT2D eigenvalue weighted by Gasteiger charge is 2.16. The van der Waals surface area contributed by atoms with Crippen LogP contribution in [0.3, 0.4) is 0 Å². The first kappa shape index (κ1) is 15.5. The summed E-state index contributed by atoms with van der Waals surface area (Å²) in [7, 11) is -1.95. The van der Waals surface area contributed by atoms with E-state index in [1.165, 1.54) is 6.07 Å². The fourth-order valence-electron chi connectivity index (χ4n) is 1.55. The van der Waals surface area contributed by atoms with Crippen molar-refractivity contribution in [2.45, 2.75) is 18.2 Å². The fraction of sp³-hybridized carbons (Fsp3) is 0.417. The molecule has 0 radical (unpaired) electrons. The predicted molar refractivity (Wildman–Crippen MR) is 74.5 cm³/mol. The summed E-state index contributed by atoms with van der Waals surface area (Å²) in [6, 6.07) is 6.61. The first-order valence-corrected chi connectivity index (χ1v) is 7.52. The molecule has 6 nitrogen and oxygen atoms in total. The molecule has 0 atom stereocenters. The molecule has 0 spiro atoms. The monoisotopic (exact) mass is 285 g/mol. The van der Waals surface area contributed by atoms with Gasteiger partial charge in [0, 0.05) is 26.6 Å². The van der Waals surface area contributed by atoms with Crippen molar-refractivity contribution in [3.8, 4) is 0 Å². The van der Waals surface area contributed by atoms with Gasteiger partial charge in [0.2, 0.25) is 15.9 Å². The largest absolute Gasteiger partial charge is 0.383 e. The second-order valence-corrected chi connectivity index (χ2v) is 5.58. The van der Waals surface area contributed by atoms with Crippen LogP contribution in [0, 0.1) is 0 Å². The lowest BCUT2D eigenvalue weighted by Crippen LogP contribution is -2.25. The highest BCUT2D eigenvalue weighted by atomic mass is 32.2. The number of anilines is 1. The van der Waals surface area contributed by atoms with Gasteiger partial charge in [-0.25, -0.2) is 13.1 Å². The van der Waals surface area contributed by atoms with Gasteiger partial charge in [0.15, 0.2) is 0 Å². The van der Waals surface area contributed by atoms with Crippen molar-refractivity contribution in [1.29, 1.82) is 0 Å². The van der Waals surface area contributed by atoms with Gasteiger partial charge in [-0.15, -0.1) is 0 Å². The molecule has 0 heterocycles. The van der Waals surface area contributed by atoms with Crippen molar-refractivity contribution >= 4 is 21.6 Å². The van der Waals surface area contributed by atoms with Crippen LogP contribution < -0.4 is 15.4 Å². The second-order valence-electron chi connectivity index (χ2n) is 3.85. The quantitative estimate of drug-likeness (QED) is 0.682. The highest BCUT2D eigenvalue weighted by Crippen LogP contribution is 2.20. The third-order valence-electron chi connectivity index (χ3n) is 2.46. The summed E-state index contributed by atoms with van der Waals surface area (Å²) in [5.74, 6) is -0.0977. The van der Waals surface area contributed by atoms with Gasteiger partial charge in [0.25, 0.3) is 0 Å². The first-order valence-electron chi connectivity index (χ1n) is 6.04. The van der Waals surface area contributed by atoms with Crippen LogP contribution in [0.15, 0.2) is 29.2 Å². The van der Waals surface area contributed by atoms with E-state index in [-0.39, 0.29) is 17.2 Å². The number of carbonyl (C=O) groups is 1. The van der Waals surface area contributed by atoms with E-state index < -0.39 is 10.0 Å². The molecule has 106 valence electrons. The summed E-state index contributed by atoms with van der Waals surface area (Å²) < 4.78 is 26.4. The fourth-order valence-corrected chi connectivity index (χ4v) is 2.77. The van der Waals surface area contributed by atoms with E-state index >= 15 is 0 Å². The van der Waals surface area contributed by atoms with E-state index in [1.807, 2.05) is 0 Å². The molecular weight excluding hydrogens is 266 g/mol. The Morgan fingerprint density at radius 3 is 2.58 bits per heavy atom. The molecule has 0 fully saturated rings. The summed E-state index contributed by atoms with van der Waals surface area (Å²) in [5.41, 5.74) is 0.493. The van der Waals surface area contributed by atoms with Crippen LogP contribution in [0.25, 0.3) is 0 Å². The Morgan fingerprint density at radius 2 is 1.95 bits per heavy atom. The highest BCUT2D eigenvalue weighted by molar-refractivity contribution is 7.89. The summed E-state index contributed by atoms with van der Waals surface area (Å²) in [6.45, 7) is 2.42. The van der Waals surface area contributed by atoms with Gasteiger partial charge in [-0.2, -0.15) is 0 Å². The van der Waals surface area contributed by atoms with Crippen molar-refractivity contribution in [3.63, 3.8) is 0 Å². The Hall–Kier alpha value is -1.60. The molecule has 0 unspecified atom stereocenters. The number of sulfonamides is 1. The molecule has 0 bridgehead atoms. The van der Waals surface area contributed by atoms with Crippen molar-refractivity contribution < 1.29 is 13.2 Å². The molecule has 0 aliphatic rings. The Labute approximate surface area is 113 Å². The number of rotatable bonds is 7. The molecule has 1 rings (SSSR count). The number of hydrogen-bond acceptors (Lipinski definition) is 4. The SMILES string of the molecule is CCNS(=O)(=O)c1ccccc1NCCC(=O)NC. The average molecular weight is 285 g/mol. The maximum Gasteiger partial charge on any atom is 0.242 e. The summed E-state index contributed by atoms with van der Waals surface area (Å²) >= 11 is 0. The molecule has 0 aliphatic heterocycles. The molecule has 3 N–H and O–H groups in total. The Kier molecular flexibility index (Phi) is 5.78. The molecule has 0 saturated carbocycles. The van der Waals surface area contributed by atoms with E-state index in [2.05, 4.69) is 15.4 Å². The van der Waals surface area contributed by atoms with E-state index in [9.17, 15) is 13.2 Å². The van der Waals surface area contributed by atoms with Crippen LogP contribution in [0.2, 0.25) is 0 Å². The average Bonchev–Trinajstić information content (AvgIpc) is 2.39. The predicted octanol–water partition coefficient (Wildman–Crippen LogP) is 0.533. The molecule has 1 aromatic rings. The minimum Gasteiger partial charge on any atom is -0.383 e. The number of para-hydroxylation sites is 1. The van der Waals surface area contributed by atoms with Crippen molar-refractivity contribution in [3.05, 3.63) is 24.3 Å². The van der Waals surface area contributed by atoms with Crippen molar-refractivity contribution in [2.75, 3.05) is 25.5 Å². The smallest absolute Gasteiger partial charge is 0.242 e. The number of nitrogens with one attached hydrogen (secondary N) is 3. The first-order chi connectivity index (χ1) is 9.01. The molecule has 0 aliphatic carbocycles. The van der Waals surface area contributed by atoms with Gasteiger partial charge in [0.05, 0.1) is 5.69 Å². The number of amides is 1. The van der Waals surface area contributed by atoms with E-state index in [4.69, 9.17) is 0 Å². The van der Waals surface area contributed by atoms with Crippen LogP contribution >= 0.6 is 0 Å². The zero-order chi connectivity index (χ0) is 14.3. The minimum absolute atomic E-state index is 0.0977. The Balaban J connectivity index is 2.82. The van der Waals surface area contributed by atoms with Gasteiger partial charge >= 0.3 is 0 Å². The Bertz CT molecular complexity index is 529. The van der Waals surface area contributed by atoms with Crippen LogP contribution in [-0.4, -0.2) is 34.5 Å². The number of hydrogen-bond donors (Lipinski definition) is 3. The second kappa shape index (κ2) is 7.10. The van der Waals surface area contributed by atoms with Crippen LogP contribution in [0.1, 0.15) is 13.3 Å². The van der Waals surface area contributed by atoms with Crippen molar-refractivity contribution in [1.82, 2.24) is 10.0 Å². The van der Waals surface area contributed by atoms with E-state index in [0.717, 1.165) is 0 Å². The lowest BCUT2D eigenvalue weighted by atomic mass is 10.3. The van der Waals surface area contributed by atoms with Crippen LogP contribution in [-0.2, 0) is 14.8 Å². The number of benzene rings is 1. The minimum atomic E-state index is -3.51. The van der Waals surface area contributed by atoms with Gasteiger partial charge in [-0.1, -0.05) is 19.1 Å². The van der Waals surface area contributed by atoms with Gasteiger partial charge in [-0.3, -0.25) is 4.79 Å². The summed E-state index contributed by atoms with van der Waals surface area (Å²) in [5, 5.41) is 5.47. The molecule has 0 aromatic heterocycles. The Morgan fingerprint density at radius 1 is 1.26 bits per heavy atom. The third kappa shape index (κ3) is 4.53. The zero-order valence-corrected chi connectivity index (χ0v) is 11.9. The molecule has 19 heavy (non-hydrogen) atoms. The maximum absolute atomic E-state index is 12.0. The van der Waals surface area contributed by atoms with Crippen LogP contribution in [0.5, 0.6) is 0 Å². The van der Waals surface area contributed by atoms with Gasteiger partial charge in [0.1, 0.15) is 4.90 Å². The lowest BCUT2D eigenvalue weighted by Gasteiger charge is -2.12. The van der Waals surface area contributed by atoms with E-state index in [0.29, 0.717) is 18.8 Å². The summed E-state index contributed by atoms with van der Waals surface area (Å²) in [4.78, 5) is 11.3. The topological polar surface area (TPSA) is 87.3 Å². The molecule has 7 heteroatoms. The molecule has 0 saturated heterocycles. The summed E-state index contributed by atoms with van der Waals surface area (Å²) in [6.07, 6.45) is 0.284.